The Kier molecular flexibility index (Phi) is 8.21. The van der Waals surface area contributed by atoms with E-state index in [1.807, 2.05) is 60.5 Å². The number of nitrogens with zero attached hydrogens (tertiary/aromatic N) is 1. The van der Waals surface area contributed by atoms with E-state index in [-0.39, 0.29) is 13.2 Å². The zero-order chi connectivity index (χ0) is 18.8. The molecule has 0 heterocycles. The molecule has 2 aromatic carbocycles. The average molecular weight is 361 g/mol. The molecule has 0 aliphatic carbocycles. The molecule has 0 radical (unpaired) electrons. The second-order valence-electron chi connectivity index (χ2n) is 6.05. The van der Waals surface area contributed by atoms with Crippen LogP contribution in [0.1, 0.15) is 5.56 Å². The van der Waals surface area contributed by atoms with Gasteiger partial charge in [0.2, 0.25) is 0 Å². The van der Waals surface area contributed by atoms with E-state index in [0.717, 1.165) is 17.1 Å². The van der Waals surface area contributed by atoms with Crippen molar-refractivity contribution in [3.8, 4) is 17.2 Å². The van der Waals surface area contributed by atoms with Gasteiger partial charge < -0.3 is 24.4 Å². The summed E-state index contributed by atoms with van der Waals surface area (Å²) in [6.07, 6.45) is -0.589. The summed E-state index contributed by atoms with van der Waals surface area (Å²) in [4.78, 5) is 2.03. The highest BCUT2D eigenvalue weighted by atomic mass is 16.5. The lowest BCUT2D eigenvalue weighted by atomic mass is 10.2. The largest absolute Gasteiger partial charge is 0.497 e. The lowest BCUT2D eigenvalue weighted by Gasteiger charge is -2.21. The van der Waals surface area contributed by atoms with Crippen molar-refractivity contribution in [2.45, 2.75) is 12.6 Å². The zero-order valence-electron chi connectivity index (χ0n) is 15.3. The third kappa shape index (κ3) is 6.92. The highest BCUT2D eigenvalue weighted by Crippen LogP contribution is 2.17. The van der Waals surface area contributed by atoms with Crippen molar-refractivity contribution in [1.29, 1.82) is 0 Å². The molecule has 0 aromatic heterocycles. The number of methoxy groups -OCH3 is 1. The molecule has 6 nitrogen and oxygen atoms in total. The molecule has 142 valence electrons. The predicted octanol–water partition coefficient (Wildman–Crippen LogP) is 1.94. The predicted molar refractivity (Wildman–Crippen MR) is 99.9 cm³/mol. The number of rotatable bonds is 11. The van der Waals surface area contributed by atoms with Crippen LogP contribution in [0.4, 0.5) is 0 Å². The van der Waals surface area contributed by atoms with Gasteiger partial charge in [0.25, 0.3) is 0 Å². The first-order valence-corrected chi connectivity index (χ1v) is 8.56. The fraction of sp³-hybridized carbons (Fsp3) is 0.400. The molecule has 2 rings (SSSR count). The van der Waals surface area contributed by atoms with E-state index in [0.29, 0.717) is 25.4 Å². The quantitative estimate of drug-likeness (QED) is 0.637. The maximum atomic E-state index is 10.2. The molecule has 0 saturated heterocycles. The fourth-order valence-corrected chi connectivity index (χ4v) is 2.51. The molecule has 0 unspecified atom stereocenters. The Bertz CT molecular complexity index is 630. The van der Waals surface area contributed by atoms with Crippen molar-refractivity contribution in [3.63, 3.8) is 0 Å². The van der Waals surface area contributed by atoms with Gasteiger partial charge in [-0.1, -0.05) is 12.1 Å². The molecule has 0 spiro atoms. The fourth-order valence-electron chi connectivity index (χ4n) is 2.51. The smallest absolute Gasteiger partial charge is 0.119 e. The van der Waals surface area contributed by atoms with Gasteiger partial charge in [-0.15, -0.1) is 0 Å². The molecule has 6 heteroatoms. The Morgan fingerprint density at radius 3 is 2.12 bits per heavy atom. The van der Waals surface area contributed by atoms with Crippen LogP contribution in [-0.2, 0) is 6.54 Å². The Morgan fingerprint density at radius 2 is 1.50 bits per heavy atom. The SMILES string of the molecule is COc1ccc(OC[C@@H](O)CN(C)Cc2ccc(OCCO)cc2)cc1. The number of aliphatic hydroxyl groups excluding tert-OH is 2. The highest BCUT2D eigenvalue weighted by molar-refractivity contribution is 5.31. The second-order valence-corrected chi connectivity index (χ2v) is 6.05. The standard InChI is InChI=1S/C20H27NO5/c1-21(13-16-3-5-19(6-4-16)25-12-11-22)14-17(23)15-26-20-9-7-18(24-2)8-10-20/h3-10,17,22-23H,11-15H2,1-2H3/t17-/m0/s1. The molecule has 1 atom stereocenters. The summed E-state index contributed by atoms with van der Waals surface area (Å²) in [5.41, 5.74) is 1.12. The second kappa shape index (κ2) is 10.7. The molecular weight excluding hydrogens is 334 g/mol. The van der Waals surface area contributed by atoms with Gasteiger partial charge in [-0.05, 0) is 49.0 Å². The van der Waals surface area contributed by atoms with Crippen LogP contribution in [-0.4, -0.2) is 61.7 Å². The van der Waals surface area contributed by atoms with Gasteiger partial charge in [0.05, 0.1) is 13.7 Å². The molecule has 26 heavy (non-hydrogen) atoms. The summed E-state index contributed by atoms with van der Waals surface area (Å²) in [5, 5.41) is 18.9. The van der Waals surface area contributed by atoms with E-state index in [2.05, 4.69) is 0 Å². The third-order valence-corrected chi connectivity index (χ3v) is 3.76. The molecule has 0 aliphatic heterocycles. The monoisotopic (exact) mass is 361 g/mol. The van der Waals surface area contributed by atoms with Crippen LogP contribution < -0.4 is 14.2 Å². The van der Waals surface area contributed by atoms with Crippen LogP contribution in [0.2, 0.25) is 0 Å². The first-order chi connectivity index (χ1) is 12.6. The van der Waals surface area contributed by atoms with E-state index in [1.165, 1.54) is 0 Å². The first kappa shape index (κ1) is 20.0. The third-order valence-electron chi connectivity index (χ3n) is 3.76. The maximum absolute atomic E-state index is 10.2. The Morgan fingerprint density at radius 1 is 0.923 bits per heavy atom. The summed E-state index contributed by atoms with van der Waals surface area (Å²) in [7, 11) is 3.57. The lowest BCUT2D eigenvalue weighted by Crippen LogP contribution is -2.32. The van der Waals surface area contributed by atoms with Crippen molar-refractivity contribution in [2.24, 2.45) is 0 Å². The summed E-state index contributed by atoms with van der Waals surface area (Å²) in [6.45, 7) is 1.73. The Labute approximate surface area is 154 Å². The summed E-state index contributed by atoms with van der Waals surface area (Å²) in [5.74, 6) is 2.20. The average Bonchev–Trinajstić information content (AvgIpc) is 2.66. The van der Waals surface area contributed by atoms with E-state index in [4.69, 9.17) is 19.3 Å². The van der Waals surface area contributed by atoms with Crippen molar-refractivity contribution in [2.75, 3.05) is 40.5 Å². The maximum Gasteiger partial charge on any atom is 0.119 e. The van der Waals surface area contributed by atoms with Crippen LogP contribution in [0.15, 0.2) is 48.5 Å². The van der Waals surface area contributed by atoms with Crippen LogP contribution in [0.25, 0.3) is 0 Å². The van der Waals surface area contributed by atoms with Gasteiger partial charge in [-0.3, -0.25) is 4.90 Å². The van der Waals surface area contributed by atoms with Gasteiger partial charge in [-0.2, -0.15) is 0 Å². The molecule has 0 bridgehead atoms. The molecule has 0 saturated carbocycles. The summed E-state index contributed by atoms with van der Waals surface area (Å²) < 4.78 is 16.0. The van der Waals surface area contributed by atoms with E-state index < -0.39 is 6.10 Å². The van der Waals surface area contributed by atoms with Gasteiger partial charge in [0.15, 0.2) is 0 Å². The normalized spacial score (nSPS) is 12.0. The van der Waals surface area contributed by atoms with Crippen LogP contribution >= 0.6 is 0 Å². The number of aliphatic hydroxyl groups is 2. The molecule has 0 fully saturated rings. The Balaban J connectivity index is 1.72. The minimum absolute atomic E-state index is 0.000967. The Hall–Kier alpha value is -2.28. The van der Waals surface area contributed by atoms with Gasteiger partial charge in [0, 0.05) is 13.1 Å². The summed E-state index contributed by atoms with van der Waals surface area (Å²) >= 11 is 0. The number of ether oxygens (including phenoxy) is 3. The van der Waals surface area contributed by atoms with Crippen molar-refractivity contribution < 1.29 is 24.4 Å². The highest BCUT2D eigenvalue weighted by Gasteiger charge is 2.10. The zero-order valence-corrected chi connectivity index (χ0v) is 15.3. The van der Waals surface area contributed by atoms with E-state index in [1.54, 1.807) is 7.11 Å². The lowest BCUT2D eigenvalue weighted by molar-refractivity contribution is 0.0743. The molecule has 0 aliphatic rings. The summed E-state index contributed by atoms with van der Waals surface area (Å²) in [6, 6.07) is 15.0. The molecule has 2 N–H and O–H groups in total. The van der Waals surface area contributed by atoms with E-state index >= 15 is 0 Å². The van der Waals surface area contributed by atoms with Gasteiger partial charge in [0.1, 0.15) is 36.6 Å². The number of benzene rings is 2. The van der Waals surface area contributed by atoms with Crippen LogP contribution in [0.5, 0.6) is 17.2 Å². The minimum atomic E-state index is -0.589. The van der Waals surface area contributed by atoms with Crippen LogP contribution in [0, 0.1) is 0 Å². The topological polar surface area (TPSA) is 71.4 Å². The van der Waals surface area contributed by atoms with Gasteiger partial charge >= 0.3 is 0 Å². The van der Waals surface area contributed by atoms with Crippen molar-refractivity contribution >= 4 is 0 Å². The van der Waals surface area contributed by atoms with E-state index in [9.17, 15) is 5.11 Å². The molecule has 0 amide bonds. The molecule has 2 aromatic rings. The molecular formula is C20H27NO5. The first-order valence-electron chi connectivity index (χ1n) is 8.56. The minimum Gasteiger partial charge on any atom is -0.497 e. The number of likely N-dealkylation sites (N-methyl/N-ethyl adjacent to an activating group) is 1. The van der Waals surface area contributed by atoms with Crippen molar-refractivity contribution in [1.82, 2.24) is 4.90 Å². The van der Waals surface area contributed by atoms with Crippen LogP contribution in [0.3, 0.4) is 0 Å². The number of hydrogen-bond donors (Lipinski definition) is 2. The van der Waals surface area contributed by atoms with Gasteiger partial charge in [-0.25, -0.2) is 0 Å². The van der Waals surface area contributed by atoms with Crippen molar-refractivity contribution in [3.05, 3.63) is 54.1 Å². The number of hydrogen-bond acceptors (Lipinski definition) is 6.